The number of hydrogen-bond acceptors (Lipinski definition) is 6. The molecule has 4 rings (SSSR count). The van der Waals surface area contributed by atoms with Crippen molar-refractivity contribution in [3.63, 3.8) is 0 Å². The van der Waals surface area contributed by atoms with Gasteiger partial charge in [-0.05, 0) is 62.5 Å². The van der Waals surface area contributed by atoms with Crippen molar-refractivity contribution in [2.45, 2.75) is 13.2 Å². The molecule has 2 N–H and O–H groups in total. The normalized spacial score (nSPS) is 14.1. The minimum absolute atomic E-state index is 0.0130. The Hall–Kier alpha value is -2.42. The Bertz CT molecular complexity index is 1100. The summed E-state index contributed by atoms with van der Waals surface area (Å²) in [6, 6.07) is 12.6. The van der Waals surface area contributed by atoms with E-state index in [1.165, 1.54) is 6.92 Å². The Labute approximate surface area is 190 Å². The van der Waals surface area contributed by atoms with Gasteiger partial charge in [-0.25, -0.2) is 4.98 Å². The van der Waals surface area contributed by atoms with Crippen molar-refractivity contribution in [3.05, 3.63) is 68.7 Å². The first-order valence-corrected chi connectivity index (χ1v) is 10.8. The summed E-state index contributed by atoms with van der Waals surface area (Å²) < 4.78 is 6.65. The minimum Gasteiger partial charge on any atom is -0.506 e. The summed E-state index contributed by atoms with van der Waals surface area (Å²) in [5, 5.41) is 21.0. The predicted molar refractivity (Wildman–Crippen MR) is 121 cm³/mol. The summed E-state index contributed by atoms with van der Waals surface area (Å²) in [6.45, 7) is 2.40. The van der Waals surface area contributed by atoms with Crippen LogP contribution in [0.2, 0.25) is 0 Å². The van der Waals surface area contributed by atoms with Crippen molar-refractivity contribution in [3.8, 4) is 22.8 Å². The van der Waals surface area contributed by atoms with Crippen LogP contribution >= 0.6 is 31.9 Å². The highest BCUT2D eigenvalue weighted by Gasteiger charge is 2.27. The van der Waals surface area contributed by atoms with E-state index in [0.29, 0.717) is 44.8 Å². The smallest absolute Gasteiger partial charge is 0.237 e. The number of carbonyl (C=O) groups excluding carboxylic acids is 1. The Kier molecular flexibility index (Phi) is 5.81. The van der Waals surface area contributed by atoms with Gasteiger partial charge in [-0.1, -0.05) is 24.3 Å². The zero-order valence-electron chi connectivity index (χ0n) is 16.0. The largest absolute Gasteiger partial charge is 0.506 e. The highest BCUT2D eigenvalue weighted by atomic mass is 79.9. The van der Waals surface area contributed by atoms with Crippen LogP contribution in [0.1, 0.15) is 29.1 Å². The van der Waals surface area contributed by atoms with E-state index >= 15 is 0 Å². The topological polar surface area (TPSA) is 82.9 Å². The third-order valence-electron chi connectivity index (χ3n) is 4.97. The van der Waals surface area contributed by atoms with Crippen molar-refractivity contribution in [2.75, 3.05) is 18.1 Å². The van der Waals surface area contributed by atoms with E-state index in [4.69, 9.17) is 4.74 Å². The number of phenolic OH excluding ortho intramolecular Hbond substituents is 1. The Morgan fingerprint density at radius 2 is 1.80 bits per heavy atom. The van der Waals surface area contributed by atoms with Crippen LogP contribution in [0, 0.1) is 0 Å². The van der Waals surface area contributed by atoms with Gasteiger partial charge in [0, 0.05) is 22.9 Å². The molecular formula is C22H18Br2N2O4. The van der Waals surface area contributed by atoms with Crippen molar-refractivity contribution >= 4 is 43.3 Å². The van der Waals surface area contributed by atoms with Crippen LogP contribution in [-0.2, 0) is 0 Å². The number of aromatic nitrogens is 1. The zero-order valence-corrected chi connectivity index (χ0v) is 19.1. The lowest BCUT2D eigenvalue weighted by molar-refractivity contribution is 0.101. The number of aromatic hydroxyl groups is 1. The lowest BCUT2D eigenvalue weighted by Gasteiger charge is -2.34. The second-order valence-corrected chi connectivity index (χ2v) is 8.64. The number of ketones is 1. The third-order valence-corrected chi connectivity index (χ3v) is 6.18. The summed E-state index contributed by atoms with van der Waals surface area (Å²) in [6.07, 6.45) is 0.753. The fourth-order valence-electron chi connectivity index (χ4n) is 3.34. The van der Waals surface area contributed by atoms with E-state index in [0.717, 1.165) is 11.1 Å². The molecule has 6 nitrogen and oxygen atoms in total. The Morgan fingerprint density at radius 1 is 1.13 bits per heavy atom. The number of pyridine rings is 1. The standard InChI is InChI=1S/C22H18Br2N2O4/c1-12(27)13-2-4-14(5-3-13)16-10-19-21(25-11-16)30-7-6-26(19)22(29)15-8-17(23)20(28)18(24)9-15/h2-5,8-11,22,28-29H,6-7H2,1H3. The first-order valence-electron chi connectivity index (χ1n) is 9.22. The SMILES string of the molecule is CC(=O)c1ccc(-c2cnc3c(c2)N(C(O)c2cc(Br)c(O)c(Br)c2)CCO3)cc1. The molecule has 3 aromatic rings. The number of halogens is 2. The molecule has 0 bridgehead atoms. The number of carbonyl (C=O) groups is 1. The molecule has 0 radical (unpaired) electrons. The van der Waals surface area contributed by atoms with Gasteiger partial charge >= 0.3 is 0 Å². The van der Waals surface area contributed by atoms with Crippen LogP contribution in [0.3, 0.4) is 0 Å². The van der Waals surface area contributed by atoms with Gasteiger partial charge in [0.05, 0.1) is 15.5 Å². The van der Waals surface area contributed by atoms with Gasteiger partial charge in [0.15, 0.2) is 12.0 Å². The Morgan fingerprint density at radius 3 is 2.43 bits per heavy atom. The summed E-state index contributed by atoms with van der Waals surface area (Å²) in [4.78, 5) is 17.8. The number of Topliss-reactive ketones (excluding diaryl/α,β-unsaturated/α-hetero) is 1. The van der Waals surface area contributed by atoms with Gasteiger partial charge in [0.1, 0.15) is 18.0 Å². The molecule has 0 spiro atoms. The maximum absolute atomic E-state index is 11.5. The van der Waals surface area contributed by atoms with Gasteiger partial charge in [0.25, 0.3) is 0 Å². The Balaban J connectivity index is 1.71. The van der Waals surface area contributed by atoms with Crippen LogP contribution < -0.4 is 9.64 Å². The first kappa shape index (κ1) is 20.8. The van der Waals surface area contributed by atoms with Crippen molar-refractivity contribution in [2.24, 2.45) is 0 Å². The minimum atomic E-state index is -0.960. The van der Waals surface area contributed by atoms with Crippen LogP contribution in [0.5, 0.6) is 11.6 Å². The molecule has 0 aliphatic carbocycles. The van der Waals surface area contributed by atoms with E-state index < -0.39 is 6.23 Å². The predicted octanol–water partition coefficient (Wildman–Crippen LogP) is 5.07. The number of aliphatic hydroxyl groups is 1. The second-order valence-electron chi connectivity index (χ2n) is 6.93. The molecule has 0 amide bonds. The van der Waals surface area contributed by atoms with Crippen molar-refractivity contribution in [1.82, 2.24) is 4.98 Å². The van der Waals surface area contributed by atoms with E-state index in [-0.39, 0.29) is 11.5 Å². The van der Waals surface area contributed by atoms with Crippen LogP contribution in [-0.4, -0.2) is 34.1 Å². The summed E-state index contributed by atoms with van der Waals surface area (Å²) in [5.74, 6) is 0.534. The molecular weight excluding hydrogens is 516 g/mol. The molecule has 1 atom stereocenters. The fraction of sp³-hybridized carbons (Fsp3) is 0.182. The fourth-order valence-corrected chi connectivity index (χ4v) is 4.56. The highest BCUT2D eigenvalue weighted by molar-refractivity contribution is 9.11. The molecule has 0 saturated heterocycles. The number of benzene rings is 2. The number of fused-ring (bicyclic) bond motifs is 1. The molecule has 0 saturated carbocycles. The van der Waals surface area contributed by atoms with Crippen LogP contribution in [0.25, 0.3) is 11.1 Å². The maximum atomic E-state index is 11.5. The van der Waals surface area contributed by atoms with E-state index in [9.17, 15) is 15.0 Å². The average molecular weight is 534 g/mol. The molecule has 2 heterocycles. The lowest BCUT2D eigenvalue weighted by Crippen LogP contribution is -2.36. The van der Waals surface area contributed by atoms with Gasteiger partial charge in [-0.2, -0.15) is 0 Å². The number of ether oxygens (including phenoxy) is 1. The quantitative estimate of drug-likeness (QED) is 0.455. The molecule has 1 aliphatic heterocycles. The molecule has 154 valence electrons. The number of phenols is 1. The van der Waals surface area contributed by atoms with Crippen molar-refractivity contribution < 1.29 is 19.7 Å². The summed E-state index contributed by atoms with van der Waals surface area (Å²) >= 11 is 6.62. The van der Waals surface area contributed by atoms with Gasteiger partial charge in [0.2, 0.25) is 5.88 Å². The maximum Gasteiger partial charge on any atom is 0.237 e. The van der Waals surface area contributed by atoms with E-state index in [1.807, 2.05) is 23.1 Å². The third kappa shape index (κ3) is 3.95. The monoisotopic (exact) mass is 532 g/mol. The summed E-state index contributed by atoms with van der Waals surface area (Å²) in [7, 11) is 0. The van der Waals surface area contributed by atoms with E-state index in [2.05, 4.69) is 36.8 Å². The average Bonchev–Trinajstić information content (AvgIpc) is 2.76. The van der Waals surface area contributed by atoms with Gasteiger partial charge in [-0.3, -0.25) is 4.79 Å². The highest BCUT2D eigenvalue weighted by Crippen LogP contribution is 2.40. The molecule has 8 heteroatoms. The molecule has 2 aromatic carbocycles. The molecule has 30 heavy (non-hydrogen) atoms. The number of hydrogen-bond donors (Lipinski definition) is 2. The number of rotatable bonds is 4. The second kappa shape index (κ2) is 8.37. The molecule has 1 aromatic heterocycles. The zero-order chi connectivity index (χ0) is 21.4. The number of anilines is 1. The molecule has 1 aliphatic rings. The number of nitrogens with zero attached hydrogens (tertiary/aromatic N) is 2. The van der Waals surface area contributed by atoms with Crippen molar-refractivity contribution in [1.29, 1.82) is 0 Å². The molecule has 1 unspecified atom stereocenters. The van der Waals surface area contributed by atoms with Gasteiger partial charge < -0.3 is 19.8 Å². The lowest BCUT2D eigenvalue weighted by atomic mass is 10.0. The van der Waals surface area contributed by atoms with Crippen LogP contribution in [0.15, 0.2) is 57.6 Å². The first-order chi connectivity index (χ1) is 14.3. The number of aliphatic hydroxyl groups excluding tert-OH is 1. The van der Waals surface area contributed by atoms with Gasteiger partial charge in [-0.15, -0.1) is 0 Å². The summed E-state index contributed by atoms with van der Waals surface area (Å²) in [5.41, 5.74) is 3.68. The molecule has 0 fully saturated rings. The van der Waals surface area contributed by atoms with Crippen LogP contribution in [0.4, 0.5) is 5.69 Å². The van der Waals surface area contributed by atoms with E-state index in [1.54, 1.807) is 30.5 Å².